The van der Waals surface area contributed by atoms with Crippen LogP contribution in [-0.4, -0.2) is 31.5 Å². The van der Waals surface area contributed by atoms with E-state index in [2.05, 4.69) is 34.3 Å². The first kappa shape index (κ1) is 13.9. The van der Waals surface area contributed by atoms with Gasteiger partial charge in [-0.2, -0.15) is 5.10 Å². The molecule has 1 unspecified atom stereocenters. The van der Waals surface area contributed by atoms with Crippen molar-refractivity contribution in [1.82, 2.24) is 19.6 Å². The summed E-state index contributed by atoms with van der Waals surface area (Å²) in [7, 11) is 0. The Labute approximate surface area is 116 Å². The van der Waals surface area contributed by atoms with Crippen molar-refractivity contribution in [3.63, 3.8) is 0 Å². The van der Waals surface area contributed by atoms with Crippen LogP contribution in [0.4, 0.5) is 5.82 Å². The first-order valence-electron chi connectivity index (χ1n) is 6.28. The van der Waals surface area contributed by atoms with Gasteiger partial charge in [0.15, 0.2) is 5.65 Å². The van der Waals surface area contributed by atoms with Crippen LogP contribution in [-0.2, 0) is 0 Å². The van der Waals surface area contributed by atoms with Crippen LogP contribution in [0, 0.1) is 12.8 Å². The first-order valence-corrected chi connectivity index (χ1v) is 6.82. The number of nitrogens with zero attached hydrogens (tertiary/aromatic N) is 3. The quantitative estimate of drug-likeness (QED) is 0.821. The van der Waals surface area contributed by atoms with E-state index in [1.165, 1.54) is 4.40 Å². The predicted octanol–water partition coefficient (Wildman–Crippen LogP) is 1.79. The molecule has 0 aliphatic rings. The van der Waals surface area contributed by atoms with Crippen LogP contribution in [0.15, 0.2) is 10.9 Å². The van der Waals surface area contributed by atoms with E-state index in [0.717, 1.165) is 6.42 Å². The summed E-state index contributed by atoms with van der Waals surface area (Å²) in [5, 5.41) is 9.64. The molecule has 1 atom stereocenters. The zero-order valence-electron chi connectivity index (χ0n) is 11.3. The lowest BCUT2D eigenvalue weighted by Crippen LogP contribution is -2.24. The van der Waals surface area contributed by atoms with E-state index in [1.807, 2.05) is 0 Å². The number of nitrogens with one attached hydrogen (secondary N) is 2. The smallest absolute Gasteiger partial charge is 0.349 e. The molecule has 19 heavy (non-hydrogen) atoms. The zero-order valence-corrected chi connectivity index (χ0v) is 12.0. The number of rotatable bonds is 5. The summed E-state index contributed by atoms with van der Waals surface area (Å²) in [4.78, 5) is 15.9. The Morgan fingerprint density at radius 2 is 2.26 bits per heavy atom. The third-order valence-corrected chi connectivity index (χ3v) is 3.24. The zero-order chi connectivity index (χ0) is 14.0. The van der Waals surface area contributed by atoms with Crippen molar-refractivity contribution in [2.45, 2.75) is 33.2 Å². The number of hydrogen-bond acceptors (Lipinski definition) is 4. The fraction of sp³-hybridized carbons (Fsp3) is 0.583. The van der Waals surface area contributed by atoms with Crippen LogP contribution in [0.25, 0.3) is 5.65 Å². The highest BCUT2D eigenvalue weighted by Gasteiger charge is 2.12. The van der Waals surface area contributed by atoms with Gasteiger partial charge in [-0.25, -0.2) is 19.3 Å². The Kier molecular flexibility index (Phi) is 4.09. The molecule has 104 valence electrons. The van der Waals surface area contributed by atoms with Crippen molar-refractivity contribution in [1.29, 1.82) is 0 Å². The maximum Gasteiger partial charge on any atom is 0.349 e. The van der Waals surface area contributed by atoms with E-state index in [1.54, 1.807) is 13.0 Å². The van der Waals surface area contributed by atoms with Crippen molar-refractivity contribution < 1.29 is 0 Å². The number of halogens is 1. The first-order chi connectivity index (χ1) is 9.01. The predicted molar refractivity (Wildman–Crippen MR) is 75.9 cm³/mol. The molecule has 2 aromatic heterocycles. The van der Waals surface area contributed by atoms with Crippen LogP contribution in [0.5, 0.6) is 0 Å². The van der Waals surface area contributed by atoms with Crippen molar-refractivity contribution in [3.05, 3.63) is 22.4 Å². The van der Waals surface area contributed by atoms with Crippen molar-refractivity contribution in [2.24, 2.45) is 5.92 Å². The third kappa shape index (κ3) is 3.07. The van der Waals surface area contributed by atoms with Crippen LogP contribution in [0.1, 0.15) is 26.1 Å². The number of alkyl halides is 1. The number of aromatic amines is 1. The van der Waals surface area contributed by atoms with Gasteiger partial charge < -0.3 is 5.32 Å². The average Bonchev–Trinajstić information content (AvgIpc) is 2.70. The summed E-state index contributed by atoms with van der Waals surface area (Å²) >= 11 is 5.96. The van der Waals surface area contributed by atoms with Crippen LogP contribution in [0.3, 0.4) is 0 Å². The minimum Gasteiger partial charge on any atom is -0.366 e. The number of H-pyrrole nitrogens is 1. The molecule has 0 fully saturated rings. The molecule has 2 heterocycles. The molecule has 0 amide bonds. The minimum atomic E-state index is -0.275. The van der Waals surface area contributed by atoms with Gasteiger partial charge in [-0.3, -0.25) is 0 Å². The van der Waals surface area contributed by atoms with Gasteiger partial charge in [-0.15, -0.1) is 11.6 Å². The molecule has 7 heteroatoms. The fourth-order valence-electron chi connectivity index (χ4n) is 2.11. The summed E-state index contributed by atoms with van der Waals surface area (Å²) in [6, 6.07) is 1.90. The van der Waals surface area contributed by atoms with Gasteiger partial charge >= 0.3 is 5.69 Å². The van der Waals surface area contributed by atoms with Crippen LogP contribution in [0.2, 0.25) is 0 Å². The second kappa shape index (κ2) is 5.61. The Morgan fingerprint density at radius 3 is 2.89 bits per heavy atom. The molecule has 0 aliphatic heterocycles. The molecule has 2 rings (SSSR count). The van der Waals surface area contributed by atoms with Crippen molar-refractivity contribution >= 4 is 23.1 Å². The Bertz CT molecular complexity index is 618. The number of fused-ring (bicyclic) bond motifs is 1. The van der Waals surface area contributed by atoms with Gasteiger partial charge in [0.25, 0.3) is 0 Å². The largest absolute Gasteiger partial charge is 0.366 e. The number of hydrogen-bond donors (Lipinski definition) is 2. The van der Waals surface area contributed by atoms with Crippen molar-refractivity contribution in [2.75, 3.05) is 11.2 Å². The molecule has 0 spiro atoms. The molecule has 0 radical (unpaired) electrons. The molecular formula is C12H18ClN5O. The Morgan fingerprint density at radius 1 is 1.53 bits per heavy atom. The maximum atomic E-state index is 11.5. The molecular weight excluding hydrogens is 266 g/mol. The molecule has 6 nitrogen and oxygen atoms in total. The minimum absolute atomic E-state index is 0.154. The van der Waals surface area contributed by atoms with E-state index < -0.39 is 0 Å². The highest BCUT2D eigenvalue weighted by molar-refractivity contribution is 6.18. The van der Waals surface area contributed by atoms with Gasteiger partial charge in [-0.1, -0.05) is 13.8 Å². The highest BCUT2D eigenvalue weighted by Crippen LogP contribution is 2.14. The van der Waals surface area contributed by atoms with Gasteiger partial charge in [0.05, 0.1) is 0 Å². The second-order valence-corrected chi connectivity index (χ2v) is 5.34. The topological polar surface area (TPSA) is 75.1 Å². The number of aryl methyl sites for hydroxylation is 1. The number of aromatic nitrogens is 4. The molecule has 0 saturated heterocycles. The number of anilines is 1. The summed E-state index contributed by atoms with van der Waals surface area (Å²) in [6.45, 7) is 6.07. The monoisotopic (exact) mass is 283 g/mol. The molecule has 0 aromatic carbocycles. The SMILES string of the molecule is Cc1nc(NC(CCl)CC(C)C)cc2n[nH]c(=O)n12. The van der Waals surface area contributed by atoms with E-state index in [4.69, 9.17) is 11.6 Å². The maximum absolute atomic E-state index is 11.5. The van der Waals surface area contributed by atoms with Gasteiger partial charge in [0.2, 0.25) is 0 Å². The molecule has 2 aromatic rings. The van der Waals surface area contributed by atoms with E-state index in [-0.39, 0.29) is 11.7 Å². The van der Waals surface area contributed by atoms with Gasteiger partial charge in [0, 0.05) is 18.0 Å². The Hall–Kier alpha value is -1.56. The van der Waals surface area contributed by atoms with E-state index in [0.29, 0.717) is 29.1 Å². The van der Waals surface area contributed by atoms with E-state index in [9.17, 15) is 4.79 Å². The molecule has 0 aliphatic carbocycles. The van der Waals surface area contributed by atoms with Crippen LogP contribution < -0.4 is 11.0 Å². The summed E-state index contributed by atoms with van der Waals surface area (Å²) in [5.74, 6) is 2.35. The standard InChI is InChI=1S/C12H18ClN5O/c1-7(2)4-9(6-13)15-10-5-11-16-17-12(19)18(11)8(3)14-10/h5,7,9,15H,4,6H2,1-3H3,(H,17,19). The van der Waals surface area contributed by atoms with Crippen LogP contribution >= 0.6 is 11.6 Å². The highest BCUT2D eigenvalue weighted by atomic mass is 35.5. The lowest BCUT2D eigenvalue weighted by atomic mass is 10.1. The van der Waals surface area contributed by atoms with Crippen molar-refractivity contribution in [3.8, 4) is 0 Å². The molecule has 0 saturated carbocycles. The summed E-state index contributed by atoms with van der Waals surface area (Å²) < 4.78 is 1.43. The Balaban J connectivity index is 2.28. The molecule has 0 bridgehead atoms. The summed E-state index contributed by atoms with van der Waals surface area (Å²) in [6.07, 6.45) is 0.961. The van der Waals surface area contributed by atoms with Gasteiger partial charge in [-0.05, 0) is 19.3 Å². The third-order valence-electron chi connectivity index (χ3n) is 2.86. The average molecular weight is 284 g/mol. The second-order valence-electron chi connectivity index (χ2n) is 5.04. The fourth-order valence-corrected chi connectivity index (χ4v) is 2.31. The van der Waals surface area contributed by atoms with Gasteiger partial charge in [0.1, 0.15) is 11.6 Å². The lowest BCUT2D eigenvalue weighted by Gasteiger charge is -2.18. The normalized spacial score (nSPS) is 13.1. The molecule has 2 N–H and O–H groups in total. The summed E-state index contributed by atoms with van der Waals surface area (Å²) in [5.41, 5.74) is 0.278. The lowest BCUT2D eigenvalue weighted by molar-refractivity contribution is 0.541. The van der Waals surface area contributed by atoms with E-state index >= 15 is 0 Å².